The molecular formula is C21H28N6. The molecule has 142 valence electrons. The number of aromatic nitrogens is 4. The first-order valence-electron chi connectivity index (χ1n) is 9.67. The second kappa shape index (κ2) is 7.27. The molecule has 1 fully saturated rings. The molecule has 2 aromatic heterocycles. The first kappa shape index (κ1) is 17.9. The van der Waals surface area contributed by atoms with Crippen molar-refractivity contribution in [1.82, 2.24) is 24.6 Å². The van der Waals surface area contributed by atoms with Gasteiger partial charge in [-0.2, -0.15) is 0 Å². The minimum absolute atomic E-state index is 0.390. The average Bonchev–Trinajstić information content (AvgIpc) is 3.02. The summed E-state index contributed by atoms with van der Waals surface area (Å²) in [6.45, 7) is 4.97. The van der Waals surface area contributed by atoms with Crippen LogP contribution in [0.5, 0.6) is 0 Å². The van der Waals surface area contributed by atoms with E-state index in [1.54, 1.807) is 0 Å². The molecule has 1 aliphatic heterocycles. The molecule has 3 heterocycles. The summed E-state index contributed by atoms with van der Waals surface area (Å²) in [6, 6.07) is 10.6. The highest BCUT2D eigenvalue weighted by Crippen LogP contribution is 2.30. The zero-order valence-corrected chi connectivity index (χ0v) is 16.7. The molecule has 0 bridgehead atoms. The van der Waals surface area contributed by atoms with Gasteiger partial charge in [0.25, 0.3) is 0 Å². The third kappa shape index (κ3) is 3.54. The highest BCUT2D eigenvalue weighted by Gasteiger charge is 2.27. The third-order valence-electron chi connectivity index (χ3n) is 5.48. The van der Waals surface area contributed by atoms with Gasteiger partial charge in [0.2, 0.25) is 0 Å². The summed E-state index contributed by atoms with van der Waals surface area (Å²) < 4.78 is 2.17. The van der Waals surface area contributed by atoms with Crippen molar-refractivity contribution in [2.75, 3.05) is 32.1 Å². The highest BCUT2D eigenvalue weighted by molar-refractivity contribution is 5.83. The maximum absolute atomic E-state index is 4.93. The van der Waals surface area contributed by atoms with Crippen LogP contribution in [0, 0.1) is 6.92 Å². The SMILES string of the molecule is Cc1cc(N2CCC[C@@H](c3nnc(CN(C)C)n3C)C2)nc2ccccc12. The van der Waals surface area contributed by atoms with Gasteiger partial charge in [0.1, 0.15) is 17.5 Å². The van der Waals surface area contributed by atoms with Crippen LogP contribution in [-0.2, 0) is 13.6 Å². The van der Waals surface area contributed by atoms with Gasteiger partial charge in [-0.25, -0.2) is 4.98 Å². The molecule has 0 unspecified atom stereocenters. The van der Waals surface area contributed by atoms with Crippen LogP contribution in [-0.4, -0.2) is 51.8 Å². The van der Waals surface area contributed by atoms with Crippen LogP contribution >= 0.6 is 0 Å². The molecule has 0 aliphatic carbocycles. The first-order chi connectivity index (χ1) is 13.0. The fourth-order valence-electron chi connectivity index (χ4n) is 4.04. The Hall–Kier alpha value is -2.47. The number of pyridine rings is 1. The smallest absolute Gasteiger partial charge is 0.146 e. The van der Waals surface area contributed by atoms with Crippen molar-refractivity contribution in [3.63, 3.8) is 0 Å². The average molecular weight is 364 g/mol. The number of nitrogens with zero attached hydrogens (tertiary/aromatic N) is 6. The van der Waals surface area contributed by atoms with Crippen LogP contribution < -0.4 is 4.90 Å². The van der Waals surface area contributed by atoms with E-state index in [-0.39, 0.29) is 0 Å². The molecule has 1 aliphatic rings. The van der Waals surface area contributed by atoms with E-state index in [0.717, 1.165) is 55.5 Å². The van der Waals surface area contributed by atoms with Crippen molar-refractivity contribution < 1.29 is 0 Å². The Morgan fingerprint density at radius 3 is 2.81 bits per heavy atom. The quantitative estimate of drug-likeness (QED) is 0.712. The molecule has 4 rings (SSSR count). The molecule has 6 nitrogen and oxygen atoms in total. The Labute approximate surface area is 160 Å². The fourth-order valence-corrected chi connectivity index (χ4v) is 4.04. The summed E-state index contributed by atoms with van der Waals surface area (Å²) in [7, 11) is 6.21. The molecule has 1 aromatic carbocycles. The zero-order chi connectivity index (χ0) is 19.0. The summed E-state index contributed by atoms with van der Waals surface area (Å²) in [5.41, 5.74) is 2.35. The van der Waals surface area contributed by atoms with Crippen molar-refractivity contribution >= 4 is 16.7 Å². The Balaban J connectivity index is 1.59. The van der Waals surface area contributed by atoms with Crippen LogP contribution in [0.25, 0.3) is 10.9 Å². The largest absolute Gasteiger partial charge is 0.356 e. The van der Waals surface area contributed by atoms with E-state index < -0.39 is 0 Å². The minimum atomic E-state index is 0.390. The van der Waals surface area contributed by atoms with Gasteiger partial charge in [0, 0.05) is 31.4 Å². The van der Waals surface area contributed by atoms with Gasteiger partial charge in [-0.1, -0.05) is 18.2 Å². The van der Waals surface area contributed by atoms with Crippen LogP contribution in [0.15, 0.2) is 30.3 Å². The molecule has 3 aromatic rings. The number of hydrogen-bond donors (Lipinski definition) is 0. The minimum Gasteiger partial charge on any atom is -0.356 e. The van der Waals surface area contributed by atoms with Gasteiger partial charge in [-0.05, 0) is 51.6 Å². The van der Waals surface area contributed by atoms with Crippen LogP contribution in [0.2, 0.25) is 0 Å². The number of aryl methyl sites for hydroxylation is 1. The van der Waals surface area contributed by atoms with Crippen molar-refractivity contribution in [2.45, 2.75) is 32.2 Å². The zero-order valence-electron chi connectivity index (χ0n) is 16.7. The van der Waals surface area contributed by atoms with Gasteiger partial charge in [0.15, 0.2) is 0 Å². The van der Waals surface area contributed by atoms with Gasteiger partial charge >= 0.3 is 0 Å². The van der Waals surface area contributed by atoms with Crippen molar-refractivity contribution in [2.24, 2.45) is 7.05 Å². The fraction of sp³-hybridized carbons (Fsp3) is 0.476. The molecule has 6 heteroatoms. The number of fused-ring (bicyclic) bond motifs is 1. The van der Waals surface area contributed by atoms with Gasteiger partial charge in [-0.3, -0.25) is 0 Å². The van der Waals surface area contributed by atoms with Crippen LogP contribution in [0.3, 0.4) is 0 Å². The van der Waals surface area contributed by atoms with E-state index >= 15 is 0 Å². The first-order valence-corrected chi connectivity index (χ1v) is 9.67. The predicted molar refractivity (Wildman–Crippen MR) is 109 cm³/mol. The lowest BCUT2D eigenvalue weighted by Gasteiger charge is -2.33. The number of benzene rings is 1. The lowest BCUT2D eigenvalue weighted by atomic mass is 9.97. The van der Waals surface area contributed by atoms with Crippen molar-refractivity contribution in [3.05, 3.63) is 47.5 Å². The molecule has 0 saturated carbocycles. The van der Waals surface area contributed by atoms with E-state index in [1.165, 1.54) is 10.9 Å². The summed E-state index contributed by atoms with van der Waals surface area (Å²) in [5, 5.41) is 10.2. The number of hydrogen-bond acceptors (Lipinski definition) is 5. The summed E-state index contributed by atoms with van der Waals surface area (Å²) in [5.74, 6) is 3.58. The second-order valence-corrected chi connectivity index (χ2v) is 7.87. The predicted octanol–water partition coefficient (Wildman–Crippen LogP) is 3.12. The normalized spacial score (nSPS) is 17.8. The summed E-state index contributed by atoms with van der Waals surface area (Å²) in [4.78, 5) is 9.47. The molecule has 1 atom stereocenters. The molecular weight excluding hydrogens is 336 g/mol. The van der Waals surface area contributed by atoms with Gasteiger partial charge in [0.05, 0.1) is 12.1 Å². The molecule has 27 heavy (non-hydrogen) atoms. The number of piperidine rings is 1. The lowest BCUT2D eigenvalue weighted by molar-refractivity contribution is 0.382. The lowest BCUT2D eigenvalue weighted by Crippen LogP contribution is -2.36. The topological polar surface area (TPSA) is 50.1 Å². The van der Waals surface area contributed by atoms with Crippen LogP contribution in [0.4, 0.5) is 5.82 Å². The molecule has 0 N–H and O–H groups in total. The van der Waals surface area contributed by atoms with Crippen molar-refractivity contribution in [3.8, 4) is 0 Å². The monoisotopic (exact) mass is 364 g/mol. The van der Waals surface area contributed by atoms with Gasteiger partial charge in [-0.15, -0.1) is 10.2 Å². The molecule has 0 amide bonds. The Kier molecular flexibility index (Phi) is 4.83. The third-order valence-corrected chi connectivity index (χ3v) is 5.48. The van der Waals surface area contributed by atoms with Crippen LogP contribution in [0.1, 0.15) is 36.0 Å². The number of rotatable bonds is 4. The summed E-state index contributed by atoms with van der Waals surface area (Å²) in [6.07, 6.45) is 2.30. The number of para-hydroxylation sites is 1. The van der Waals surface area contributed by atoms with E-state index in [2.05, 4.69) is 83.0 Å². The van der Waals surface area contributed by atoms with Gasteiger partial charge < -0.3 is 14.4 Å². The molecule has 1 saturated heterocycles. The highest BCUT2D eigenvalue weighted by atomic mass is 15.3. The van der Waals surface area contributed by atoms with E-state index in [9.17, 15) is 0 Å². The van der Waals surface area contributed by atoms with E-state index in [1.807, 2.05) is 0 Å². The Morgan fingerprint density at radius 2 is 2.00 bits per heavy atom. The maximum atomic E-state index is 4.93. The molecule has 0 radical (unpaired) electrons. The van der Waals surface area contributed by atoms with E-state index in [4.69, 9.17) is 4.98 Å². The maximum Gasteiger partial charge on any atom is 0.146 e. The Morgan fingerprint density at radius 1 is 1.19 bits per heavy atom. The summed E-state index contributed by atoms with van der Waals surface area (Å²) >= 11 is 0. The Bertz CT molecular complexity index is 945. The molecule has 0 spiro atoms. The number of anilines is 1. The van der Waals surface area contributed by atoms with Crippen molar-refractivity contribution in [1.29, 1.82) is 0 Å². The second-order valence-electron chi connectivity index (χ2n) is 7.87. The standard InChI is InChI=1S/C21H28N6/c1-15-12-19(22-18-10-6-5-9-17(15)18)27-11-7-8-16(13-27)21-24-23-20(26(21)4)14-25(2)3/h5-6,9-10,12,16H,7-8,11,13-14H2,1-4H3/t16-/m1/s1. The van der Waals surface area contributed by atoms with E-state index in [0.29, 0.717) is 5.92 Å².